The first kappa shape index (κ1) is 8.92. The fourth-order valence-electron chi connectivity index (χ4n) is 1.25. The molecule has 0 bridgehead atoms. The van der Waals surface area contributed by atoms with E-state index in [1.807, 2.05) is 0 Å². The molecule has 2 aromatic rings. The van der Waals surface area contributed by atoms with E-state index in [-0.39, 0.29) is 10.9 Å². The molecule has 0 saturated carbocycles. The number of aromatic amines is 1. The summed E-state index contributed by atoms with van der Waals surface area (Å²) in [7, 11) is -1.56. The highest BCUT2D eigenvalue weighted by molar-refractivity contribution is 6.58. The largest absolute Gasteiger partial charge is 0.488 e. The number of nitrogens with one attached hydrogen (secondary N) is 1. The Kier molecular flexibility index (Phi) is 2.07. The SMILES string of the molecule is O=c1cn[nH]c2ccc(B(O)O)cc12. The Morgan fingerprint density at radius 2 is 2.14 bits per heavy atom. The van der Waals surface area contributed by atoms with E-state index in [4.69, 9.17) is 10.0 Å². The molecule has 0 spiro atoms. The fraction of sp³-hybridized carbons (Fsp3) is 0. The first-order valence-electron chi connectivity index (χ1n) is 4.02. The number of hydrogen-bond acceptors (Lipinski definition) is 4. The minimum atomic E-state index is -1.56. The van der Waals surface area contributed by atoms with E-state index >= 15 is 0 Å². The second kappa shape index (κ2) is 3.24. The van der Waals surface area contributed by atoms with Crippen molar-refractivity contribution < 1.29 is 10.0 Å². The standard InChI is InChI=1S/C8H7BN2O3/c12-8-4-10-11-7-2-1-5(9(13)14)3-6(7)8/h1-4,13-14H,(H,11,12). The molecule has 0 radical (unpaired) electrons. The third kappa shape index (κ3) is 1.41. The molecule has 0 saturated heterocycles. The van der Waals surface area contributed by atoms with Crippen LogP contribution in [0.25, 0.3) is 10.9 Å². The molecule has 0 amide bonds. The Bertz CT molecular complexity index is 523. The maximum Gasteiger partial charge on any atom is 0.488 e. The third-order valence-corrected chi connectivity index (χ3v) is 1.97. The quantitative estimate of drug-likeness (QED) is 0.483. The first-order valence-corrected chi connectivity index (χ1v) is 4.02. The van der Waals surface area contributed by atoms with Gasteiger partial charge in [0, 0.05) is 5.39 Å². The summed E-state index contributed by atoms with van der Waals surface area (Å²) in [4.78, 5) is 11.3. The van der Waals surface area contributed by atoms with E-state index in [0.717, 1.165) is 6.20 Å². The molecule has 0 atom stereocenters. The van der Waals surface area contributed by atoms with Gasteiger partial charge in [0.25, 0.3) is 0 Å². The van der Waals surface area contributed by atoms with Crippen molar-refractivity contribution in [3.8, 4) is 0 Å². The van der Waals surface area contributed by atoms with E-state index in [1.165, 1.54) is 12.1 Å². The average Bonchev–Trinajstić information content (AvgIpc) is 2.18. The van der Waals surface area contributed by atoms with Crippen LogP contribution < -0.4 is 10.9 Å². The Morgan fingerprint density at radius 1 is 1.36 bits per heavy atom. The molecular weight excluding hydrogens is 183 g/mol. The molecule has 2 rings (SSSR count). The van der Waals surface area contributed by atoms with Crippen molar-refractivity contribution in [1.29, 1.82) is 0 Å². The second-order valence-electron chi connectivity index (χ2n) is 2.91. The highest BCUT2D eigenvalue weighted by Gasteiger charge is 2.11. The van der Waals surface area contributed by atoms with Gasteiger partial charge >= 0.3 is 7.12 Å². The summed E-state index contributed by atoms with van der Waals surface area (Å²) < 4.78 is 0. The molecule has 6 heteroatoms. The second-order valence-corrected chi connectivity index (χ2v) is 2.91. The summed E-state index contributed by atoms with van der Waals surface area (Å²) >= 11 is 0. The van der Waals surface area contributed by atoms with Crippen LogP contribution in [-0.4, -0.2) is 27.4 Å². The number of benzene rings is 1. The first-order chi connectivity index (χ1) is 6.68. The lowest BCUT2D eigenvalue weighted by atomic mass is 9.80. The number of hydrogen-bond donors (Lipinski definition) is 3. The molecular formula is C8H7BN2O3. The lowest BCUT2D eigenvalue weighted by Gasteiger charge is -2.00. The zero-order chi connectivity index (χ0) is 10.1. The van der Waals surface area contributed by atoms with Gasteiger partial charge in [0.05, 0.1) is 11.7 Å². The molecule has 0 fully saturated rings. The van der Waals surface area contributed by atoms with Crippen molar-refractivity contribution in [2.45, 2.75) is 0 Å². The van der Waals surface area contributed by atoms with Gasteiger partial charge < -0.3 is 10.0 Å². The molecule has 0 unspecified atom stereocenters. The normalized spacial score (nSPS) is 10.4. The van der Waals surface area contributed by atoms with Crippen LogP contribution in [0.2, 0.25) is 0 Å². The number of H-pyrrole nitrogens is 1. The lowest BCUT2D eigenvalue weighted by molar-refractivity contribution is 0.426. The molecule has 1 heterocycles. The van der Waals surface area contributed by atoms with Gasteiger partial charge in [-0.05, 0) is 17.6 Å². The molecule has 0 aliphatic rings. The minimum Gasteiger partial charge on any atom is -0.423 e. The number of fused-ring (bicyclic) bond motifs is 1. The van der Waals surface area contributed by atoms with Crippen LogP contribution in [0.15, 0.2) is 29.2 Å². The maximum atomic E-state index is 11.3. The Labute approximate surface area is 79.2 Å². The van der Waals surface area contributed by atoms with E-state index in [1.54, 1.807) is 6.07 Å². The van der Waals surface area contributed by atoms with Gasteiger partial charge in [0.15, 0.2) is 0 Å². The maximum absolute atomic E-state index is 11.3. The van der Waals surface area contributed by atoms with Crippen LogP contribution in [0.4, 0.5) is 0 Å². The molecule has 70 valence electrons. The van der Waals surface area contributed by atoms with Crippen LogP contribution in [0.5, 0.6) is 0 Å². The molecule has 3 N–H and O–H groups in total. The van der Waals surface area contributed by atoms with Crippen LogP contribution >= 0.6 is 0 Å². The molecule has 0 aliphatic carbocycles. The highest BCUT2D eigenvalue weighted by Crippen LogP contribution is 2.02. The van der Waals surface area contributed by atoms with Gasteiger partial charge in [-0.3, -0.25) is 9.89 Å². The molecule has 0 aliphatic heterocycles. The Morgan fingerprint density at radius 3 is 2.86 bits per heavy atom. The Balaban J connectivity index is 2.76. The summed E-state index contributed by atoms with van der Waals surface area (Å²) in [5, 5.41) is 24.5. The predicted octanol–water partition coefficient (Wildman–Crippen LogP) is -1.40. The fourth-order valence-corrected chi connectivity index (χ4v) is 1.25. The minimum absolute atomic E-state index is 0.249. The van der Waals surface area contributed by atoms with E-state index in [9.17, 15) is 4.79 Å². The van der Waals surface area contributed by atoms with Crippen molar-refractivity contribution in [2.24, 2.45) is 0 Å². The number of aromatic nitrogens is 2. The van der Waals surface area contributed by atoms with Gasteiger partial charge in [-0.25, -0.2) is 0 Å². The number of nitrogens with zero attached hydrogens (tertiary/aromatic N) is 1. The smallest absolute Gasteiger partial charge is 0.423 e. The van der Waals surface area contributed by atoms with Gasteiger partial charge in [-0.2, -0.15) is 5.10 Å². The summed E-state index contributed by atoms with van der Waals surface area (Å²) in [6, 6.07) is 4.53. The molecule has 1 aromatic carbocycles. The summed E-state index contributed by atoms with van der Waals surface area (Å²) in [5.41, 5.74) is 0.609. The van der Waals surface area contributed by atoms with Gasteiger partial charge in [0.1, 0.15) is 0 Å². The monoisotopic (exact) mass is 190 g/mol. The van der Waals surface area contributed by atoms with Crippen molar-refractivity contribution in [3.05, 3.63) is 34.6 Å². The van der Waals surface area contributed by atoms with Gasteiger partial charge in [-0.1, -0.05) is 6.07 Å². The van der Waals surface area contributed by atoms with Crippen LogP contribution in [-0.2, 0) is 0 Å². The highest BCUT2D eigenvalue weighted by atomic mass is 16.4. The van der Waals surface area contributed by atoms with E-state index in [2.05, 4.69) is 10.2 Å². The zero-order valence-corrected chi connectivity index (χ0v) is 7.14. The van der Waals surface area contributed by atoms with Gasteiger partial charge in [-0.15, -0.1) is 0 Å². The van der Waals surface area contributed by atoms with Crippen molar-refractivity contribution in [3.63, 3.8) is 0 Å². The topological polar surface area (TPSA) is 86.2 Å². The average molecular weight is 190 g/mol. The van der Waals surface area contributed by atoms with Crippen LogP contribution in [0, 0.1) is 0 Å². The lowest BCUT2D eigenvalue weighted by Crippen LogP contribution is -2.30. The summed E-state index contributed by atoms with van der Waals surface area (Å²) in [5.74, 6) is 0. The zero-order valence-electron chi connectivity index (χ0n) is 7.14. The molecule has 1 aromatic heterocycles. The van der Waals surface area contributed by atoms with Crippen molar-refractivity contribution >= 4 is 23.5 Å². The van der Waals surface area contributed by atoms with Crippen LogP contribution in [0.3, 0.4) is 0 Å². The van der Waals surface area contributed by atoms with E-state index in [0.29, 0.717) is 10.9 Å². The van der Waals surface area contributed by atoms with Gasteiger partial charge in [0.2, 0.25) is 5.43 Å². The summed E-state index contributed by atoms with van der Waals surface area (Å²) in [6.07, 6.45) is 1.15. The van der Waals surface area contributed by atoms with E-state index < -0.39 is 7.12 Å². The summed E-state index contributed by atoms with van der Waals surface area (Å²) in [6.45, 7) is 0. The Hall–Kier alpha value is -1.66. The third-order valence-electron chi connectivity index (χ3n) is 1.97. The number of rotatable bonds is 1. The molecule has 14 heavy (non-hydrogen) atoms. The van der Waals surface area contributed by atoms with Crippen molar-refractivity contribution in [1.82, 2.24) is 10.2 Å². The predicted molar refractivity (Wildman–Crippen MR) is 52.2 cm³/mol. The molecule has 5 nitrogen and oxygen atoms in total. The van der Waals surface area contributed by atoms with Crippen molar-refractivity contribution in [2.75, 3.05) is 0 Å². The van der Waals surface area contributed by atoms with Crippen LogP contribution in [0.1, 0.15) is 0 Å².